The van der Waals surface area contributed by atoms with Crippen molar-refractivity contribution in [2.45, 2.75) is 37.2 Å². The molecule has 1 aliphatic heterocycles. The maximum absolute atomic E-state index is 12.7. The van der Waals surface area contributed by atoms with Crippen molar-refractivity contribution in [1.29, 1.82) is 0 Å². The number of carbonyl (C=O) groups excluding carboxylic acids is 2. The van der Waals surface area contributed by atoms with Crippen LogP contribution in [0.15, 0.2) is 34.2 Å². The number of hydrogen-bond donors (Lipinski definition) is 0. The van der Waals surface area contributed by atoms with Gasteiger partial charge in [0, 0.05) is 25.5 Å². The zero-order valence-electron chi connectivity index (χ0n) is 15.3. The van der Waals surface area contributed by atoms with E-state index in [1.54, 1.807) is 30.3 Å². The Hall–Kier alpha value is -2.42. The molecular formula is C18H22N4O4S. The van der Waals surface area contributed by atoms with Crippen LogP contribution in [0.1, 0.15) is 26.7 Å². The van der Waals surface area contributed by atoms with Gasteiger partial charge in [0.2, 0.25) is 11.8 Å². The van der Waals surface area contributed by atoms with Crippen molar-refractivity contribution in [2.24, 2.45) is 5.92 Å². The molecule has 3 heterocycles. The predicted octanol–water partition coefficient (Wildman–Crippen LogP) is 2.41. The van der Waals surface area contributed by atoms with Gasteiger partial charge in [0.1, 0.15) is 0 Å². The van der Waals surface area contributed by atoms with Crippen molar-refractivity contribution in [3.63, 3.8) is 0 Å². The molecule has 0 aromatic carbocycles. The van der Waals surface area contributed by atoms with Crippen molar-refractivity contribution in [1.82, 2.24) is 20.1 Å². The second-order valence-corrected chi connectivity index (χ2v) is 7.52. The number of esters is 1. The number of amides is 1. The van der Waals surface area contributed by atoms with E-state index in [9.17, 15) is 9.59 Å². The van der Waals surface area contributed by atoms with Gasteiger partial charge >= 0.3 is 5.97 Å². The minimum atomic E-state index is -0.355. The first-order chi connectivity index (χ1) is 13.1. The second-order valence-electron chi connectivity index (χ2n) is 6.23. The van der Waals surface area contributed by atoms with E-state index in [1.165, 1.54) is 11.8 Å². The Morgan fingerprint density at radius 1 is 1.37 bits per heavy atom. The molecule has 0 spiro atoms. The van der Waals surface area contributed by atoms with Crippen molar-refractivity contribution >= 4 is 23.6 Å². The van der Waals surface area contributed by atoms with Gasteiger partial charge in [-0.3, -0.25) is 14.6 Å². The quantitative estimate of drug-likeness (QED) is 0.548. The van der Waals surface area contributed by atoms with Gasteiger partial charge in [-0.25, -0.2) is 0 Å². The zero-order chi connectivity index (χ0) is 19.2. The molecule has 1 atom stereocenters. The molecule has 0 radical (unpaired) electrons. The lowest BCUT2D eigenvalue weighted by Crippen LogP contribution is -2.43. The summed E-state index contributed by atoms with van der Waals surface area (Å²) >= 11 is 1.23. The maximum atomic E-state index is 12.7. The Morgan fingerprint density at radius 2 is 2.15 bits per heavy atom. The SMILES string of the molecule is CCOC(=O)C1CCN(C(=O)C(C)Sc2nnc(-c3cccnc3)o2)CC1. The van der Waals surface area contributed by atoms with E-state index in [1.807, 2.05) is 13.0 Å². The van der Waals surface area contributed by atoms with Gasteiger partial charge in [0.15, 0.2) is 0 Å². The van der Waals surface area contributed by atoms with Gasteiger partial charge < -0.3 is 14.1 Å². The van der Waals surface area contributed by atoms with Gasteiger partial charge in [-0.05, 0) is 38.8 Å². The summed E-state index contributed by atoms with van der Waals surface area (Å²) in [5.74, 6) is 0.0969. The highest BCUT2D eigenvalue weighted by atomic mass is 32.2. The van der Waals surface area contributed by atoms with Gasteiger partial charge in [-0.2, -0.15) is 0 Å². The van der Waals surface area contributed by atoms with Crippen LogP contribution in [0.3, 0.4) is 0 Å². The lowest BCUT2D eigenvalue weighted by atomic mass is 9.97. The van der Waals surface area contributed by atoms with Crippen LogP contribution in [0.2, 0.25) is 0 Å². The smallest absolute Gasteiger partial charge is 0.309 e. The number of thioether (sulfide) groups is 1. The molecular weight excluding hydrogens is 368 g/mol. The zero-order valence-corrected chi connectivity index (χ0v) is 16.1. The first-order valence-electron chi connectivity index (χ1n) is 8.94. The van der Waals surface area contributed by atoms with E-state index < -0.39 is 0 Å². The van der Waals surface area contributed by atoms with Crippen molar-refractivity contribution in [3.05, 3.63) is 24.5 Å². The van der Waals surface area contributed by atoms with E-state index in [0.29, 0.717) is 43.7 Å². The van der Waals surface area contributed by atoms with Crippen LogP contribution >= 0.6 is 11.8 Å². The number of rotatable bonds is 6. The summed E-state index contributed by atoms with van der Waals surface area (Å²) in [6.07, 6.45) is 4.58. The first kappa shape index (κ1) is 19.3. The molecule has 2 aromatic rings. The third-order valence-electron chi connectivity index (χ3n) is 4.37. The Kier molecular flexibility index (Phi) is 6.44. The molecule has 1 amide bonds. The average molecular weight is 390 g/mol. The summed E-state index contributed by atoms with van der Waals surface area (Å²) in [6, 6.07) is 3.62. The molecule has 9 heteroatoms. The highest BCUT2D eigenvalue weighted by molar-refractivity contribution is 8.00. The van der Waals surface area contributed by atoms with E-state index in [-0.39, 0.29) is 23.0 Å². The van der Waals surface area contributed by atoms with Crippen molar-refractivity contribution in [3.8, 4) is 11.5 Å². The van der Waals surface area contributed by atoms with Crippen LogP contribution in [0.5, 0.6) is 0 Å². The van der Waals surface area contributed by atoms with Crippen LogP contribution in [-0.2, 0) is 14.3 Å². The lowest BCUT2D eigenvalue weighted by Gasteiger charge is -2.32. The highest BCUT2D eigenvalue weighted by Gasteiger charge is 2.31. The summed E-state index contributed by atoms with van der Waals surface area (Å²) < 4.78 is 10.7. The number of carbonyl (C=O) groups is 2. The van der Waals surface area contributed by atoms with Gasteiger partial charge in [-0.1, -0.05) is 11.8 Å². The van der Waals surface area contributed by atoms with Crippen LogP contribution in [0.4, 0.5) is 0 Å². The van der Waals surface area contributed by atoms with Crippen LogP contribution in [0.25, 0.3) is 11.5 Å². The number of piperidine rings is 1. The topological polar surface area (TPSA) is 98.4 Å². The summed E-state index contributed by atoms with van der Waals surface area (Å²) in [4.78, 5) is 30.3. The largest absolute Gasteiger partial charge is 0.466 e. The molecule has 0 saturated carbocycles. The predicted molar refractivity (Wildman–Crippen MR) is 98.8 cm³/mol. The molecule has 144 valence electrons. The van der Waals surface area contributed by atoms with Gasteiger partial charge in [0.25, 0.3) is 5.22 Å². The Labute approximate surface area is 161 Å². The number of aromatic nitrogens is 3. The number of ether oxygens (including phenoxy) is 1. The van der Waals surface area contributed by atoms with Crippen LogP contribution in [-0.4, -0.2) is 56.9 Å². The Morgan fingerprint density at radius 3 is 2.81 bits per heavy atom. The molecule has 2 aromatic heterocycles. The first-order valence-corrected chi connectivity index (χ1v) is 9.82. The maximum Gasteiger partial charge on any atom is 0.309 e. The monoisotopic (exact) mass is 390 g/mol. The molecule has 1 fully saturated rings. The number of pyridine rings is 1. The third-order valence-corrected chi connectivity index (χ3v) is 5.29. The summed E-state index contributed by atoms with van der Waals surface area (Å²) in [7, 11) is 0. The minimum Gasteiger partial charge on any atom is -0.466 e. The van der Waals surface area contributed by atoms with E-state index in [0.717, 1.165) is 5.56 Å². The van der Waals surface area contributed by atoms with E-state index in [4.69, 9.17) is 9.15 Å². The lowest BCUT2D eigenvalue weighted by molar-refractivity contribution is -0.151. The molecule has 0 N–H and O–H groups in total. The summed E-state index contributed by atoms with van der Waals surface area (Å²) in [5.41, 5.74) is 0.733. The van der Waals surface area contributed by atoms with Gasteiger partial charge in [0.05, 0.1) is 23.3 Å². The molecule has 1 unspecified atom stereocenters. The second kappa shape index (κ2) is 8.98. The van der Waals surface area contributed by atoms with Crippen LogP contribution < -0.4 is 0 Å². The molecule has 1 saturated heterocycles. The van der Waals surface area contributed by atoms with E-state index >= 15 is 0 Å². The fourth-order valence-corrected chi connectivity index (χ4v) is 3.69. The van der Waals surface area contributed by atoms with E-state index in [2.05, 4.69) is 15.2 Å². The molecule has 3 rings (SSSR count). The van der Waals surface area contributed by atoms with Crippen molar-refractivity contribution in [2.75, 3.05) is 19.7 Å². The number of likely N-dealkylation sites (tertiary alicyclic amines) is 1. The molecule has 8 nitrogen and oxygen atoms in total. The van der Waals surface area contributed by atoms with Crippen LogP contribution in [0, 0.1) is 5.92 Å². The summed E-state index contributed by atoms with van der Waals surface area (Å²) in [6.45, 7) is 5.11. The fourth-order valence-electron chi connectivity index (χ4n) is 2.92. The third kappa shape index (κ3) is 4.85. The number of nitrogens with zero attached hydrogens (tertiary/aromatic N) is 4. The number of hydrogen-bond acceptors (Lipinski definition) is 8. The molecule has 1 aliphatic rings. The fraction of sp³-hybridized carbons (Fsp3) is 0.500. The Balaban J connectivity index is 1.53. The molecule has 0 aliphatic carbocycles. The van der Waals surface area contributed by atoms with Crippen molar-refractivity contribution < 1.29 is 18.7 Å². The summed E-state index contributed by atoms with van der Waals surface area (Å²) in [5, 5.41) is 8.00. The minimum absolute atomic E-state index is 0.00318. The molecule has 27 heavy (non-hydrogen) atoms. The highest BCUT2D eigenvalue weighted by Crippen LogP contribution is 2.28. The average Bonchev–Trinajstić information content (AvgIpc) is 3.17. The van der Waals surface area contributed by atoms with Gasteiger partial charge in [-0.15, -0.1) is 10.2 Å². The normalized spacial score (nSPS) is 16.1. The standard InChI is InChI=1S/C18H22N4O4S/c1-3-25-17(24)13-6-9-22(10-7-13)16(23)12(2)27-18-21-20-15(26-18)14-5-4-8-19-11-14/h4-5,8,11-13H,3,6-7,9-10H2,1-2H3. The Bertz CT molecular complexity index is 775. The molecule has 0 bridgehead atoms.